The van der Waals surface area contributed by atoms with E-state index in [0.717, 1.165) is 38.6 Å². The summed E-state index contributed by atoms with van der Waals surface area (Å²) in [5.74, 6) is -0.569. The van der Waals surface area contributed by atoms with Crippen molar-refractivity contribution in [1.29, 1.82) is 0 Å². The number of rotatable bonds is 4. The van der Waals surface area contributed by atoms with E-state index in [1.165, 1.54) is 30.3 Å². The van der Waals surface area contributed by atoms with Gasteiger partial charge in [0.1, 0.15) is 0 Å². The van der Waals surface area contributed by atoms with Gasteiger partial charge in [-0.3, -0.25) is 9.59 Å². The van der Waals surface area contributed by atoms with E-state index in [0.29, 0.717) is 11.3 Å². The van der Waals surface area contributed by atoms with Crippen LogP contribution >= 0.6 is 11.6 Å². The van der Waals surface area contributed by atoms with Gasteiger partial charge in [-0.25, -0.2) is 8.42 Å². The van der Waals surface area contributed by atoms with Crippen molar-refractivity contribution in [2.24, 2.45) is 0 Å². The SMILES string of the molecule is CS(=O)(=O)c1cccc(C(=O)Nc2ccc(C(=O)N3CCCCC3)c(Cl)c2)c1. The molecule has 0 aliphatic carbocycles. The number of piperidine rings is 1. The van der Waals surface area contributed by atoms with Gasteiger partial charge in [0, 0.05) is 30.6 Å². The Morgan fingerprint density at radius 3 is 2.39 bits per heavy atom. The van der Waals surface area contributed by atoms with E-state index in [-0.39, 0.29) is 21.4 Å². The molecule has 148 valence electrons. The molecule has 2 amide bonds. The molecule has 1 N–H and O–H groups in total. The third-order valence-electron chi connectivity index (χ3n) is 4.63. The average molecular weight is 421 g/mol. The summed E-state index contributed by atoms with van der Waals surface area (Å²) in [7, 11) is -3.41. The minimum atomic E-state index is -3.41. The molecule has 0 unspecified atom stereocenters. The van der Waals surface area contributed by atoms with Crippen molar-refractivity contribution in [3.63, 3.8) is 0 Å². The van der Waals surface area contributed by atoms with Gasteiger partial charge < -0.3 is 10.2 Å². The number of amides is 2. The summed E-state index contributed by atoms with van der Waals surface area (Å²) >= 11 is 6.28. The fourth-order valence-corrected chi connectivity index (χ4v) is 4.03. The van der Waals surface area contributed by atoms with Crippen LogP contribution in [0.15, 0.2) is 47.4 Å². The molecule has 0 spiro atoms. The van der Waals surface area contributed by atoms with Crippen LogP contribution in [-0.4, -0.2) is 44.5 Å². The quantitative estimate of drug-likeness (QED) is 0.818. The van der Waals surface area contributed by atoms with Crippen molar-refractivity contribution in [2.45, 2.75) is 24.2 Å². The first-order valence-corrected chi connectivity index (χ1v) is 11.2. The zero-order valence-electron chi connectivity index (χ0n) is 15.4. The molecule has 6 nitrogen and oxygen atoms in total. The predicted octanol–water partition coefficient (Wildman–Crippen LogP) is 3.62. The van der Waals surface area contributed by atoms with Crippen molar-refractivity contribution in [2.75, 3.05) is 24.7 Å². The van der Waals surface area contributed by atoms with Gasteiger partial charge in [0.2, 0.25) is 0 Å². The fraction of sp³-hybridized carbons (Fsp3) is 0.300. The fourth-order valence-electron chi connectivity index (χ4n) is 3.10. The first-order chi connectivity index (χ1) is 13.3. The maximum absolute atomic E-state index is 12.6. The maximum atomic E-state index is 12.6. The first kappa shape index (κ1) is 20.4. The number of anilines is 1. The van der Waals surface area contributed by atoms with Crippen LogP contribution in [0.1, 0.15) is 40.0 Å². The summed E-state index contributed by atoms with van der Waals surface area (Å²) in [5, 5.41) is 2.94. The number of carbonyl (C=O) groups is 2. The number of carbonyl (C=O) groups excluding carboxylic acids is 2. The lowest BCUT2D eigenvalue weighted by atomic mass is 10.1. The van der Waals surface area contributed by atoms with Gasteiger partial charge in [0.05, 0.1) is 15.5 Å². The second-order valence-corrected chi connectivity index (χ2v) is 9.22. The Balaban J connectivity index is 1.75. The van der Waals surface area contributed by atoms with E-state index in [1.54, 1.807) is 17.0 Å². The van der Waals surface area contributed by atoms with Crippen LogP contribution in [-0.2, 0) is 9.84 Å². The smallest absolute Gasteiger partial charge is 0.255 e. The number of benzene rings is 2. The van der Waals surface area contributed by atoms with Crippen LogP contribution in [0.2, 0.25) is 5.02 Å². The first-order valence-electron chi connectivity index (χ1n) is 8.96. The van der Waals surface area contributed by atoms with Gasteiger partial charge in [-0.05, 0) is 55.7 Å². The van der Waals surface area contributed by atoms with E-state index in [2.05, 4.69) is 5.32 Å². The molecule has 1 heterocycles. The van der Waals surface area contributed by atoms with Gasteiger partial charge in [-0.2, -0.15) is 0 Å². The summed E-state index contributed by atoms with van der Waals surface area (Å²) < 4.78 is 23.3. The minimum absolute atomic E-state index is 0.0701. The summed E-state index contributed by atoms with van der Waals surface area (Å²) in [6.07, 6.45) is 4.19. The van der Waals surface area contributed by atoms with Crippen molar-refractivity contribution in [3.05, 3.63) is 58.6 Å². The molecule has 1 fully saturated rings. The minimum Gasteiger partial charge on any atom is -0.339 e. The number of likely N-dealkylation sites (tertiary alicyclic amines) is 1. The highest BCUT2D eigenvalue weighted by Gasteiger charge is 2.21. The summed E-state index contributed by atoms with van der Waals surface area (Å²) in [4.78, 5) is 26.9. The van der Waals surface area contributed by atoms with Crippen LogP contribution in [0, 0.1) is 0 Å². The number of sulfone groups is 1. The van der Waals surface area contributed by atoms with Crippen molar-refractivity contribution in [3.8, 4) is 0 Å². The molecule has 1 saturated heterocycles. The Morgan fingerprint density at radius 1 is 1.04 bits per heavy atom. The number of nitrogens with one attached hydrogen (secondary N) is 1. The van der Waals surface area contributed by atoms with Gasteiger partial charge >= 0.3 is 0 Å². The molecule has 1 aliphatic rings. The molecule has 8 heteroatoms. The molecule has 0 saturated carbocycles. The molecule has 1 aliphatic heterocycles. The molecule has 0 atom stereocenters. The van der Waals surface area contributed by atoms with E-state index < -0.39 is 15.7 Å². The largest absolute Gasteiger partial charge is 0.339 e. The number of nitrogens with zero attached hydrogens (tertiary/aromatic N) is 1. The van der Waals surface area contributed by atoms with E-state index in [9.17, 15) is 18.0 Å². The van der Waals surface area contributed by atoms with Crippen LogP contribution in [0.4, 0.5) is 5.69 Å². The second kappa shape index (κ2) is 8.32. The van der Waals surface area contributed by atoms with Crippen LogP contribution in [0.3, 0.4) is 0 Å². The van der Waals surface area contributed by atoms with Crippen molar-refractivity contribution in [1.82, 2.24) is 4.90 Å². The highest BCUT2D eigenvalue weighted by molar-refractivity contribution is 7.90. The molecule has 0 radical (unpaired) electrons. The van der Waals surface area contributed by atoms with Crippen molar-refractivity contribution >= 4 is 38.9 Å². The number of halogens is 1. The lowest BCUT2D eigenvalue weighted by molar-refractivity contribution is 0.0724. The van der Waals surface area contributed by atoms with Crippen LogP contribution < -0.4 is 5.32 Å². The monoisotopic (exact) mass is 420 g/mol. The van der Waals surface area contributed by atoms with Gasteiger partial charge in [-0.15, -0.1) is 0 Å². The van der Waals surface area contributed by atoms with E-state index in [1.807, 2.05) is 0 Å². The predicted molar refractivity (Wildman–Crippen MR) is 109 cm³/mol. The topological polar surface area (TPSA) is 83.5 Å². The zero-order chi connectivity index (χ0) is 20.3. The Bertz CT molecular complexity index is 1010. The number of hydrogen-bond acceptors (Lipinski definition) is 4. The summed E-state index contributed by atoms with van der Waals surface area (Å²) in [6.45, 7) is 1.45. The van der Waals surface area contributed by atoms with E-state index >= 15 is 0 Å². The van der Waals surface area contributed by atoms with Crippen LogP contribution in [0.25, 0.3) is 0 Å². The zero-order valence-corrected chi connectivity index (χ0v) is 17.0. The van der Waals surface area contributed by atoms with E-state index in [4.69, 9.17) is 11.6 Å². The Labute approximate surface area is 169 Å². The van der Waals surface area contributed by atoms with Gasteiger partial charge in [0.15, 0.2) is 9.84 Å². The Kier molecular flexibility index (Phi) is 6.05. The highest BCUT2D eigenvalue weighted by atomic mass is 35.5. The third kappa shape index (κ3) is 4.72. The van der Waals surface area contributed by atoms with Gasteiger partial charge in [0.25, 0.3) is 11.8 Å². The maximum Gasteiger partial charge on any atom is 0.255 e. The van der Waals surface area contributed by atoms with Crippen LogP contribution in [0.5, 0.6) is 0 Å². The van der Waals surface area contributed by atoms with Gasteiger partial charge in [-0.1, -0.05) is 17.7 Å². The molecule has 2 aromatic rings. The molecular weight excluding hydrogens is 400 g/mol. The average Bonchev–Trinajstić information content (AvgIpc) is 2.68. The standard InChI is InChI=1S/C20H21ClN2O4S/c1-28(26,27)16-7-5-6-14(12-16)19(24)22-15-8-9-17(18(21)13-15)20(25)23-10-3-2-4-11-23/h5-9,12-13H,2-4,10-11H2,1H3,(H,22,24). The highest BCUT2D eigenvalue weighted by Crippen LogP contribution is 2.24. The lowest BCUT2D eigenvalue weighted by Gasteiger charge is -2.27. The molecule has 0 bridgehead atoms. The second-order valence-electron chi connectivity index (χ2n) is 6.80. The number of hydrogen-bond donors (Lipinski definition) is 1. The third-order valence-corrected chi connectivity index (χ3v) is 6.05. The summed E-state index contributed by atoms with van der Waals surface area (Å²) in [5.41, 5.74) is 1.04. The molecule has 0 aromatic heterocycles. The molecule has 28 heavy (non-hydrogen) atoms. The Hall–Kier alpha value is -2.38. The molecular formula is C20H21ClN2O4S. The molecule has 3 rings (SSSR count). The molecule has 2 aromatic carbocycles. The normalized spacial score (nSPS) is 14.6. The Morgan fingerprint density at radius 2 is 1.75 bits per heavy atom. The van der Waals surface area contributed by atoms with Crippen molar-refractivity contribution < 1.29 is 18.0 Å². The lowest BCUT2D eigenvalue weighted by Crippen LogP contribution is -2.35. The summed E-state index contributed by atoms with van der Waals surface area (Å²) in [6, 6.07) is 10.5.